The molecule has 8 heteroatoms. The van der Waals surface area contributed by atoms with Crippen molar-refractivity contribution >= 4 is 38.4 Å². The Morgan fingerprint density at radius 1 is 1.50 bits per heavy atom. The number of benzene rings is 1. The quantitative estimate of drug-likeness (QED) is 0.866. The lowest BCUT2D eigenvalue weighted by molar-refractivity contribution is 0.428. The van der Waals surface area contributed by atoms with Gasteiger partial charge in [-0.2, -0.15) is 4.31 Å². The highest BCUT2D eigenvalue weighted by Crippen LogP contribution is 2.27. The standard InChI is InChI=1S/C12H16BrFN2O2S.ClH/c1-8(15)9-4-5-16(7-9)19(17,18)10-2-3-11(13)12(14)6-10;/h2-3,6,8-9H,4-5,7,15H2,1H3;1H. The molecule has 0 bridgehead atoms. The van der Waals surface area contributed by atoms with E-state index in [4.69, 9.17) is 5.73 Å². The van der Waals surface area contributed by atoms with Crippen LogP contribution in [0.3, 0.4) is 0 Å². The molecule has 2 rings (SSSR count). The van der Waals surface area contributed by atoms with Crippen molar-refractivity contribution in [2.75, 3.05) is 13.1 Å². The lowest BCUT2D eigenvalue weighted by Crippen LogP contribution is -2.33. The molecule has 2 atom stereocenters. The molecular weight excluding hydrogens is 371 g/mol. The van der Waals surface area contributed by atoms with Gasteiger partial charge in [-0.05, 0) is 53.4 Å². The first-order valence-electron chi connectivity index (χ1n) is 6.03. The Labute approximate surface area is 133 Å². The predicted octanol–water partition coefficient (Wildman–Crippen LogP) is 2.37. The molecule has 1 aromatic rings. The van der Waals surface area contributed by atoms with Crippen LogP contribution in [-0.4, -0.2) is 31.9 Å². The van der Waals surface area contributed by atoms with Crippen LogP contribution >= 0.6 is 28.3 Å². The van der Waals surface area contributed by atoms with E-state index in [-0.39, 0.29) is 33.7 Å². The molecule has 1 fully saturated rings. The lowest BCUT2D eigenvalue weighted by Gasteiger charge is -2.18. The molecule has 0 radical (unpaired) electrons. The molecule has 1 aromatic carbocycles. The zero-order valence-corrected chi connectivity index (χ0v) is 14.1. The van der Waals surface area contributed by atoms with Crippen molar-refractivity contribution in [3.63, 3.8) is 0 Å². The molecular formula is C12H17BrClFN2O2S. The monoisotopic (exact) mass is 386 g/mol. The van der Waals surface area contributed by atoms with Gasteiger partial charge in [0.2, 0.25) is 10.0 Å². The third-order valence-corrected chi connectivity index (χ3v) is 5.96. The van der Waals surface area contributed by atoms with Crippen LogP contribution in [0.2, 0.25) is 0 Å². The van der Waals surface area contributed by atoms with E-state index >= 15 is 0 Å². The van der Waals surface area contributed by atoms with Crippen LogP contribution in [0.1, 0.15) is 13.3 Å². The van der Waals surface area contributed by atoms with Gasteiger partial charge in [-0.1, -0.05) is 0 Å². The van der Waals surface area contributed by atoms with Gasteiger partial charge in [-0.15, -0.1) is 12.4 Å². The summed E-state index contributed by atoms with van der Waals surface area (Å²) in [5.74, 6) is -0.418. The normalized spacial score (nSPS) is 21.5. The summed E-state index contributed by atoms with van der Waals surface area (Å²) in [7, 11) is -3.63. The van der Waals surface area contributed by atoms with Gasteiger partial charge in [0, 0.05) is 19.1 Å². The van der Waals surface area contributed by atoms with Crippen LogP contribution in [0.15, 0.2) is 27.6 Å². The number of hydrogen-bond donors (Lipinski definition) is 1. The number of nitrogens with two attached hydrogens (primary N) is 1. The maximum Gasteiger partial charge on any atom is 0.243 e. The minimum Gasteiger partial charge on any atom is -0.328 e. The molecule has 1 aliphatic heterocycles. The highest BCUT2D eigenvalue weighted by molar-refractivity contribution is 9.10. The SMILES string of the molecule is CC(N)C1CCN(S(=O)(=O)c2ccc(Br)c(F)c2)C1.Cl. The Balaban J connectivity index is 0.00000200. The summed E-state index contributed by atoms with van der Waals surface area (Å²) in [6.45, 7) is 2.71. The van der Waals surface area contributed by atoms with E-state index in [1.807, 2.05) is 6.92 Å². The van der Waals surface area contributed by atoms with E-state index in [1.54, 1.807) is 0 Å². The summed E-state index contributed by atoms with van der Waals surface area (Å²) >= 11 is 3.01. The van der Waals surface area contributed by atoms with Crippen LogP contribution in [-0.2, 0) is 10.0 Å². The van der Waals surface area contributed by atoms with Crippen LogP contribution in [0, 0.1) is 11.7 Å². The summed E-state index contributed by atoms with van der Waals surface area (Å²) in [4.78, 5) is -0.0153. The summed E-state index contributed by atoms with van der Waals surface area (Å²) in [5, 5.41) is 0. The van der Waals surface area contributed by atoms with Crippen molar-refractivity contribution in [2.45, 2.75) is 24.3 Å². The first-order chi connectivity index (χ1) is 8.82. The fourth-order valence-corrected chi connectivity index (χ4v) is 3.96. The average molecular weight is 388 g/mol. The van der Waals surface area contributed by atoms with Gasteiger partial charge in [-0.25, -0.2) is 12.8 Å². The summed E-state index contributed by atoms with van der Waals surface area (Å²) in [6.07, 6.45) is 0.746. The van der Waals surface area contributed by atoms with Gasteiger partial charge in [0.15, 0.2) is 0 Å². The largest absolute Gasteiger partial charge is 0.328 e. The lowest BCUT2D eigenvalue weighted by atomic mass is 10.0. The minimum atomic E-state index is -3.63. The third kappa shape index (κ3) is 3.51. The Kier molecular flexibility index (Phi) is 5.98. The number of sulfonamides is 1. The van der Waals surface area contributed by atoms with Gasteiger partial charge in [0.05, 0.1) is 9.37 Å². The summed E-state index contributed by atoms with van der Waals surface area (Å²) in [6, 6.07) is 3.81. The van der Waals surface area contributed by atoms with Crippen LogP contribution in [0.25, 0.3) is 0 Å². The highest BCUT2D eigenvalue weighted by atomic mass is 79.9. The van der Waals surface area contributed by atoms with E-state index in [0.717, 1.165) is 12.5 Å². The van der Waals surface area contributed by atoms with Crippen molar-refractivity contribution < 1.29 is 12.8 Å². The molecule has 0 aliphatic carbocycles. The van der Waals surface area contributed by atoms with Crippen molar-refractivity contribution in [1.29, 1.82) is 0 Å². The number of rotatable bonds is 3. The zero-order valence-electron chi connectivity index (χ0n) is 10.9. The third-order valence-electron chi connectivity index (χ3n) is 3.46. The fraction of sp³-hybridized carbons (Fsp3) is 0.500. The first-order valence-corrected chi connectivity index (χ1v) is 8.26. The molecule has 1 heterocycles. The molecule has 0 spiro atoms. The first kappa shape index (κ1) is 17.8. The molecule has 2 unspecified atom stereocenters. The molecule has 114 valence electrons. The van der Waals surface area contributed by atoms with E-state index < -0.39 is 15.8 Å². The van der Waals surface area contributed by atoms with Gasteiger partial charge >= 0.3 is 0 Å². The Hall–Kier alpha value is -0.210. The minimum absolute atomic E-state index is 0. The zero-order chi connectivity index (χ0) is 14.2. The second-order valence-corrected chi connectivity index (χ2v) is 7.64. The summed E-state index contributed by atoms with van der Waals surface area (Å²) < 4.78 is 39.8. The molecule has 2 N–H and O–H groups in total. The average Bonchev–Trinajstić information content (AvgIpc) is 2.82. The Morgan fingerprint density at radius 2 is 2.15 bits per heavy atom. The smallest absolute Gasteiger partial charge is 0.243 e. The van der Waals surface area contributed by atoms with Gasteiger partial charge < -0.3 is 5.73 Å². The van der Waals surface area contributed by atoms with E-state index in [0.29, 0.717) is 13.1 Å². The van der Waals surface area contributed by atoms with Crippen LogP contribution in [0.4, 0.5) is 4.39 Å². The molecule has 0 aromatic heterocycles. The van der Waals surface area contributed by atoms with Crippen LogP contribution < -0.4 is 5.73 Å². The van der Waals surface area contributed by atoms with Crippen molar-refractivity contribution in [3.8, 4) is 0 Å². The van der Waals surface area contributed by atoms with E-state index in [9.17, 15) is 12.8 Å². The maximum absolute atomic E-state index is 13.5. The Morgan fingerprint density at radius 3 is 2.65 bits per heavy atom. The molecule has 0 amide bonds. The molecule has 4 nitrogen and oxygen atoms in total. The second-order valence-electron chi connectivity index (χ2n) is 4.85. The van der Waals surface area contributed by atoms with Crippen molar-refractivity contribution in [2.24, 2.45) is 11.7 Å². The van der Waals surface area contributed by atoms with Crippen LogP contribution in [0.5, 0.6) is 0 Å². The fourth-order valence-electron chi connectivity index (χ4n) is 2.19. The van der Waals surface area contributed by atoms with E-state index in [2.05, 4.69) is 15.9 Å². The molecule has 0 saturated carbocycles. The highest BCUT2D eigenvalue weighted by Gasteiger charge is 2.34. The second kappa shape index (κ2) is 6.70. The predicted molar refractivity (Wildman–Crippen MR) is 81.9 cm³/mol. The number of halogens is 3. The van der Waals surface area contributed by atoms with Gasteiger partial charge in [-0.3, -0.25) is 0 Å². The van der Waals surface area contributed by atoms with E-state index in [1.165, 1.54) is 16.4 Å². The molecule has 1 saturated heterocycles. The number of nitrogens with zero attached hydrogens (tertiary/aromatic N) is 1. The maximum atomic E-state index is 13.5. The molecule has 1 aliphatic rings. The van der Waals surface area contributed by atoms with Gasteiger partial charge in [0.1, 0.15) is 5.82 Å². The summed E-state index contributed by atoms with van der Waals surface area (Å²) in [5.41, 5.74) is 5.80. The van der Waals surface area contributed by atoms with Gasteiger partial charge in [0.25, 0.3) is 0 Å². The van der Waals surface area contributed by atoms with Crippen molar-refractivity contribution in [3.05, 3.63) is 28.5 Å². The number of hydrogen-bond acceptors (Lipinski definition) is 3. The topological polar surface area (TPSA) is 63.4 Å². The Bertz CT molecular complexity index is 583. The molecule has 20 heavy (non-hydrogen) atoms. The van der Waals surface area contributed by atoms with Crippen molar-refractivity contribution in [1.82, 2.24) is 4.31 Å².